The van der Waals surface area contributed by atoms with E-state index in [1.165, 1.54) is 30.6 Å². The Bertz CT molecular complexity index is 586. The quantitative estimate of drug-likeness (QED) is 0.822. The normalized spacial score (nSPS) is 16.0. The Balaban J connectivity index is 1.62. The van der Waals surface area contributed by atoms with E-state index in [1.54, 1.807) is 4.88 Å². The van der Waals surface area contributed by atoms with Gasteiger partial charge in [-0.25, -0.2) is 4.98 Å². The molecule has 120 valence electrons. The number of aromatic nitrogens is 2. The summed E-state index contributed by atoms with van der Waals surface area (Å²) in [6, 6.07) is 4.58. The van der Waals surface area contributed by atoms with Crippen molar-refractivity contribution in [3.8, 4) is 0 Å². The van der Waals surface area contributed by atoms with Gasteiger partial charge in [0.05, 0.1) is 6.61 Å². The molecule has 4 nitrogen and oxygen atoms in total. The molecule has 0 radical (unpaired) electrons. The molecule has 1 fully saturated rings. The third-order valence-corrected chi connectivity index (χ3v) is 5.62. The molecular weight excluding hydrogens is 294 g/mol. The van der Waals surface area contributed by atoms with Crippen LogP contribution in [0, 0.1) is 6.92 Å². The van der Waals surface area contributed by atoms with Gasteiger partial charge in [-0.2, -0.15) is 0 Å². The van der Waals surface area contributed by atoms with Crippen LogP contribution in [0.25, 0.3) is 0 Å². The highest BCUT2D eigenvalue weighted by atomic mass is 32.1. The predicted octanol–water partition coefficient (Wildman–Crippen LogP) is 3.43. The average Bonchev–Trinajstić information content (AvgIpc) is 3.20. The highest BCUT2D eigenvalue weighted by Gasteiger charge is 2.19. The van der Waals surface area contributed by atoms with Crippen molar-refractivity contribution in [2.75, 3.05) is 13.2 Å². The van der Waals surface area contributed by atoms with Crippen molar-refractivity contribution in [3.63, 3.8) is 0 Å². The summed E-state index contributed by atoms with van der Waals surface area (Å²) in [5.74, 6) is 1.74. The molecule has 0 amide bonds. The molecule has 1 saturated carbocycles. The second-order valence-electron chi connectivity index (χ2n) is 6.21. The van der Waals surface area contributed by atoms with Crippen molar-refractivity contribution in [1.29, 1.82) is 0 Å². The fourth-order valence-electron chi connectivity index (χ4n) is 3.28. The largest absolute Gasteiger partial charge is 0.395 e. The molecule has 1 aliphatic rings. The minimum atomic E-state index is 0.188. The van der Waals surface area contributed by atoms with E-state index in [2.05, 4.69) is 27.0 Å². The van der Waals surface area contributed by atoms with E-state index < -0.39 is 0 Å². The number of nitrogens with zero attached hydrogens (tertiary/aromatic N) is 2. The summed E-state index contributed by atoms with van der Waals surface area (Å²) in [6.45, 7) is 4.55. The van der Waals surface area contributed by atoms with Gasteiger partial charge in [0.1, 0.15) is 5.82 Å². The van der Waals surface area contributed by atoms with Crippen molar-refractivity contribution in [3.05, 3.63) is 39.6 Å². The molecule has 0 atom stereocenters. The van der Waals surface area contributed by atoms with Gasteiger partial charge in [0.25, 0.3) is 0 Å². The number of aliphatic hydroxyl groups excluding tert-OH is 1. The van der Waals surface area contributed by atoms with Crippen LogP contribution in [0.5, 0.6) is 0 Å². The van der Waals surface area contributed by atoms with Gasteiger partial charge in [-0.1, -0.05) is 12.8 Å². The number of hydrogen-bond acceptors (Lipinski definition) is 4. The lowest BCUT2D eigenvalue weighted by atomic mass is 10.1. The van der Waals surface area contributed by atoms with Gasteiger partial charge in [0, 0.05) is 41.3 Å². The Morgan fingerprint density at radius 2 is 2.14 bits per heavy atom. The predicted molar refractivity (Wildman–Crippen MR) is 90.1 cm³/mol. The number of hydrogen-bond donors (Lipinski definition) is 2. The lowest BCUT2D eigenvalue weighted by molar-refractivity contribution is 0.184. The molecule has 0 aliphatic heterocycles. The monoisotopic (exact) mass is 319 g/mol. The minimum absolute atomic E-state index is 0.188. The summed E-state index contributed by atoms with van der Waals surface area (Å²) in [7, 11) is 0. The first-order chi connectivity index (χ1) is 10.7. The molecule has 2 heterocycles. The number of H-pyrrole nitrogens is 1. The summed E-state index contributed by atoms with van der Waals surface area (Å²) in [6.07, 6.45) is 7.36. The first-order valence-electron chi connectivity index (χ1n) is 8.17. The Hall–Kier alpha value is -1.17. The smallest absolute Gasteiger partial charge is 0.103 e. The highest BCUT2D eigenvalue weighted by Crippen LogP contribution is 2.37. The number of imidazole rings is 1. The zero-order valence-corrected chi connectivity index (χ0v) is 14.0. The van der Waals surface area contributed by atoms with Gasteiger partial charge < -0.3 is 10.1 Å². The molecule has 2 aromatic rings. The number of rotatable bonds is 7. The molecule has 1 aliphatic carbocycles. The zero-order valence-electron chi connectivity index (χ0n) is 13.2. The first kappa shape index (κ1) is 15.7. The first-order valence-corrected chi connectivity index (χ1v) is 8.98. The molecule has 0 bridgehead atoms. The number of aromatic amines is 1. The second-order valence-corrected chi connectivity index (χ2v) is 7.41. The third kappa shape index (κ3) is 3.97. The molecule has 22 heavy (non-hydrogen) atoms. The fraction of sp³-hybridized carbons (Fsp3) is 0.588. The van der Waals surface area contributed by atoms with E-state index in [-0.39, 0.29) is 6.61 Å². The Labute approximate surface area is 136 Å². The van der Waals surface area contributed by atoms with E-state index in [1.807, 2.05) is 24.5 Å². The van der Waals surface area contributed by atoms with Crippen LogP contribution in [0.3, 0.4) is 0 Å². The maximum Gasteiger partial charge on any atom is 0.103 e. The summed E-state index contributed by atoms with van der Waals surface area (Å²) in [4.78, 5) is 12.7. The van der Waals surface area contributed by atoms with E-state index in [4.69, 9.17) is 0 Å². The Morgan fingerprint density at radius 3 is 2.82 bits per heavy atom. The van der Waals surface area contributed by atoms with Crippen molar-refractivity contribution in [2.45, 2.75) is 51.6 Å². The lowest BCUT2D eigenvalue weighted by Gasteiger charge is -2.19. The van der Waals surface area contributed by atoms with Gasteiger partial charge >= 0.3 is 0 Å². The van der Waals surface area contributed by atoms with Crippen LogP contribution >= 0.6 is 11.3 Å². The zero-order chi connectivity index (χ0) is 15.4. The van der Waals surface area contributed by atoms with Crippen molar-refractivity contribution in [2.24, 2.45) is 0 Å². The minimum Gasteiger partial charge on any atom is -0.395 e. The van der Waals surface area contributed by atoms with Crippen LogP contribution in [0.2, 0.25) is 0 Å². The van der Waals surface area contributed by atoms with Crippen LogP contribution < -0.4 is 0 Å². The van der Waals surface area contributed by atoms with E-state index in [0.29, 0.717) is 6.54 Å². The number of thiophene rings is 1. The van der Waals surface area contributed by atoms with Crippen molar-refractivity contribution < 1.29 is 5.11 Å². The average molecular weight is 319 g/mol. The summed E-state index contributed by atoms with van der Waals surface area (Å²) >= 11 is 1.95. The topological polar surface area (TPSA) is 52.1 Å². The van der Waals surface area contributed by atoms with E-state index >= 15 is 0 Å². The van der Waals surface area contributed by atoms with Gasteiger partial charge in [-0.15, -0.1) is 11.3 Å². The molecule has 0 aromatic carbocycles. The standard InChI is InChI=1S/C17H25N3OS/c1-13-18-10-15(19-13)11-20(8-9-21)12-16-6-7-17(22-16)14-4-2-3-5-14/h6-7,10,14,21H,2-5,8-9,11-12H2,1H3,(H,18,19). The maximum absolute atomic E-state index is 9.31. The number of nitrogens with one attached hydrogen (secondary N) is 1. The molecule has 0 saturated heterocycles. The molecule has 0 unspecified atom stereocenters. The van der Waals surface area contributed by atoms with Crippen LogP contribution in [0.4, 0.5) is 0 Å². The molecule has 2 N–H and O–H groups in total. The van der Waals surface area contributed by atoms with E-state index in [0.717, 1.165) is 30.5 Å². The van der Waals surface area contributed by atoms with Gasteiger partial charge in [-0.3, -0.25) is 4.90 Å². The Morgan fingerprint density at radius 1 is 1.32 bits per heavy atom. The van der Waals surface area contributed by atoms with Gasteiger partial charge in [0.2, 0.25) is 0 Å². The van der Waals surface area contributed by atoms with Crippen molar-refractivity contribution in [1.82, 2.24) is 14.9 Å². The van der Waals surface area contributed by atoms with E-state index in [9.17, 15) is 5.11 Å². The number of aliphatic hydroxyl groups is 1. The van der Waals surface area contributed by atoms with Gasteiger partial charge in [0.15, 0.2) is 0 Å². The summed E-state index contributed by atoms with van der Waals surface area (Å²) in [5.41, 5.74) is 1.11. The SMILES string of the molecule is Cc1ncc(CN(CCO)Cc2ccc(C3CCCC3)s2)[nH]1. The summed E-state index contributed by atoms with van der Waals surface area (Å²) < 4.78 is 0. The second kappa shape index (κ2) is 7.40. The molecule has 3 rings (SSSR count). The van der Waals surface area contributed by atoms with Crippen LogP contribution in [0.15, 0.2) is 18.3 Å². The maximum atomic E-state index is 9.31. The van der Waals surface area contributed by atoms with Crippen LogP contribution in [-0.2, 0) is 13.1 Å². The number of aryl methyl sites for hydroxylation is 1. The Kier molecular flexibility index (Phi) is 5.28. The van der Waals surface area contributed by atoms with Crippen molar-refractivity contribution >= 4 is 11.3 Å². The van der Waals surface area contributed by atoms with Gasteiger partial charge in [-0.05, 0) is 37.8 Å². The summed E-state index contributed by atoms with van der Waals surface area (Å²) in [5, 5.41) is 9.31. The van der Waals surface area contributed by atoms with Crippen LogP contribution in [-0.4, -0.2) is 33.1 Å². The molecule has 0 spiro atoms. The third-order valence-electron chi connectivity index (χ3n) is 4.39. The molecule has 5 heteroatoms. The lowest BCUT2D eigenvalue weighted by Crippen LogP contribution is -2.25. The van der Waals surface area contributed by atoms with Crippen LogP contribution in [0.1, 0.15) is 52.9 Å². The molecular formula is C17H25N3OS. The molecule has 2 aromatic heterocycles. The highest BCUT2D eigenvalue weighted by molar-refractivity contribution is 7.12. The fourth-order valence-corrected chi connectivity index (χ4v) is 4.50.